The Morgan fingerprint density at radius 3 is 2.50 bits per heavy atom. The molecule has 2 fully saturated rings. The van der Waals surface area contributed by atoms with Crippen LogP contribution in [0.1, 0.15) is 56.8 Å². The second kappa shape index (κ2) is 8.33. The van der Waals surface area contributed by atoms with E-state index in [-0.39, 0.29) is 17.8 Å². The number of hydrogen-bond acceptors (Lipinski definition) is 3. The van der Waals surface area contributed by atoms with Crippen molar-refractivity contribution in [2.24, 2.45) is 11.8 Å². The molecule has 0 aliphatic carbocycles. The monoisotopic (exact) mass is 384 g/mol. The zero-order chi connectivity index (χ0) is 20.3. The van der Waals surface area contributed by atoms with Crippen LogP contribution >= 0.6 is 0 Å². The molecule has 1 unspecified atom stereocenters. The maximum Gasteiger partial charge on any atom is 0.254 e. The predicted molar refractivity (Wildman–Crippen MR) is 110 cm³/mol. The highest BCUT2D eigenvalue weighted by molar-refractivity contribution is 6.07. The normalized spacial score (nSPS) is 23.4. The van der Waals surface area contributed by atoms with Crippen molar-refractivity contribution in [3.05, 3.63) is 35.9 Å². The Morgan fingerprint density at radius 1 is 1.25 bits per heavy atom. The number of amides is 2. The molecule has 152 valence electrons. The van der Waals surface area contributed by atoms with Crippen molar-refractivity contribution in [3.63, 3.8) is 0 Å². The molecule has 1 aromatic rings. The van der Waals surface area contributed by atoms with Crippen LogP contribution in [0.4, 0.5) is 0 Å². The fraction of sp³-hybridized carbons (Fsp3) is 0.591. The van der Waals surface area contributed by atoms with E-state index < -0.39 is 5.54 Å². The van der Waals surface area contributed by atoms with Crippen LogP contribution < -0.4 is 5.32 Å². The van der Waals surface area contributed by atoms with Crippen LogP contribution in [0, 0.1) is 17.2 Å². The van der Waals surface area contributed by atoms with E-state index in [0.717, 1.165) is 44.3 Å². The molecule has 1 atom stereocenters. The van der Waals surface area contributed by atoms with E-state index in [2.05, 4.69) is 19.2 Å². The molecule has 2 heterocycles. The van der Waals surface area contributed by atoms with Gasteiger partial charge in [0.1, 0.15) is 5.54 Å². The summed E-state index contributed by atoms with van der Waals surface area (Å²) in [4.78, 5) is 28.9. The first-order valence-electron chi connectivity index (χ1n) is 10.3. The maximum absolute atomic E-state index is 12.8. The van der Waals surface area contributed by atoms with E-state index >= 15 is 0 Å². The molecule has 0 bridgehead atoms. The largest absolute Gasteiger partial charge is 0.342 e. The molecule has 1 aromatic carbocycles. The van der Waals surface area contributed by atoms with Gasteiger partial charge in [-0.25, -0.2) is 0 Å². The van der Waals surface area contributed by atoms with E-state index in [1.54, 1.807) is 4.90 Å². The minimum absolute atomic E-state index is 0.0166. The maximum atomic E-state index is 12.8. The van der Waals surface area contributed by atoms with Gasteiger partial charge in [0.05, 0.1) is 0 Å². The zero-order valence-corrected chi connectivity index (χ0v) is 17.2. The lowest BCUT2D eigenvalue weighted by Crippen LogP contribution is -2.45. The Balaban J connectivity index is 1.49. The standard InChI is InChI=1S/C22H32N4O2/c1-16(2)15-22(3)20(28)26(21(23)24-22)14-11-17-9-12-25(13-10-17)19(27)18-7-5-4-6-8-18/h4-8,16-17H,9-15H2,1-3H3,(H2,23,24). The van der Waals surface area contributed by atoms with Gasteiger partial charge in [-0.2, -0.15) is 0 Å². The molecule has 0 radical (unpaired) electrons. The molecule has 3 rings (SSSR count). The molecule has 28 heavy (non-hydrogen) atoms. The second-order valence-electron chi connectivity index (χ2n) is 8.75. The van der Waals surface area contributed by atoms with Crippen LogP contribution in [0.15, 0.2) is 30.3 Å². The number of carbonyl (C=O) groups excluding carboxylic acids is 2. The van der Waals surface area contributed by atoms with Gasteiger partial charge in [-0.1, -0.05) is 32.0 Å². The first-order chi connectivity index (χ1) is 13.3. The number of nitrogens with one attached hydrogen (secondary N) is 2. The highest BCUT2D eigenvalue weighted by Crippen LogP contribution is 2.27. The van der Waals surface area contributed by atoms with E-state index in [9.17, 15) is 9.59 Å². The first kappa shape index (κ1) is 20.4. The summed E-state index contributed by atoms with van der Waals surface area (Å²) in [6.45, 7) is 8.18. The molecule has 6 heteroatoms. The number of guanidine groups is 1. The Morgan fingerprint density at radius 2 is 1.89 bits per heavy atom. The van der Waals surface area contributed by atoms with Crippen LogP contribution in [0.3, 0.4) is 0 Å². The van der Waals surface area contributed by atoms with Crippen molar-refractivity contribution < 1.29 is 9.59 Å². The predicted octanol–water partition coefficient (Wildman–Crippen LogP) is 3.10. The molecular formula is C22H32N4O2. The van der Waals surface area contributed by atoms with Crippen LogP contribution in [0.25, 0.3) is 0 Å². The topological polar surface area (TPSA) is 76.5 Å². The minimum Gasteiger partial charge on any atom is -0.342 e. The summed E-state index contributed by atoms with van der Waals surface area (Å²) < 4.78 is 0. The third kappa shape index (κ3) is 4.37. The van der Waals surface area contributed by atoms with Gasteiger partial charge >= 0.3 is 0 Å². The van der Waals surface area contributed by atoms with E-state index in [1.807, 2.05) is 42.2 Å². The summed E-state index contributed by atoms with van der Waals surface area (Å²) in [5.74, 6) is 1.22. The van der Waals surface area contributed by atoms with Gasteiger partial charge in [-0.15, -0.1) is 0 Å². The van der Waals surface area contributed by atoms with Crippen LogP contribution in [-0.4, -0.2) is 52.7 Å². The van der Waals surface area contributed by atoms with Crippen LogP contribution in [0.5, 0.6) is 0 Å². The van der Waals surface area contributed by atoms with Crippen molar-refractivity contribution in [2.45, 2.75) is 52.0 Å². The molecule has 2 aliphatic rings. The Hall–Kier alpha value is -2.37. The molecule has 0 saturated carbocycles. The van der Waals surface area contributed by atoms with Crippen molar-refractivity contribution >= 4 is 17.8 Å². The number of nitrogens with zero attached hydrogens (tertiary/aromatic N) is 2. The average molecular weight is 385 g/mol. The van der Waals surface area contributed by atoms with Gasteiger partial charge < -0.3 is 10.2 Å². The molecule has 2 N–H and O–H groups in total. The van der Waals surface area contributed by atoms with Crippen molar-refractivity contribution in [1.29, 1.82) is 5.41 Å². The number of hydrogen-bond donors (Lipinski definition) is 2. The van der Waals surface area contributed by atoms with E-state index in [4.69, 9.17) is 5.41 Å². The molecule has 2 amide bonds. The summed E-state index contributed by atoms with van der Waals surface area (Å²) in [5.41, 5.74) is 0.0871. The molecule has 6 nitrogen and oxygen atoms in total. The van der Waals surface area contributed by atoms with Gasteiger partial charge in [0, 0.05) is 25.2 Å². The Kier molecular flexibility index (Phi) is 6.06. The van der Waals surface area contributed by atoms with Gasteiger partial charge in [-0.05, 0) is 56.6 Å². The van der Waals surface area contributed by atoms with Crippen LogP contribution in [0.2, 0.25) is 0 Å². The fourth-order valence-corrected chi connectivity index (χ4v) is 4.45. The van der Waals surface area contributed by atoms with Crippen molar-refractivity contribution in [1.82, 2.24) is 15.1 Å². The summed E-state index contributed by atoms with van der Waals surface area (Å²) in [5, 5.41) is 11.3. The van der Waals surface area contributed by atoms with Crippen LogP contribution in [-0.2, 0) is 4.79 Å². The smallest absolute Gasteiger partial charge is 0.254 e. The third-order valence-electron chi connectivity index (χ3n) is 5.88. The SMILES string of the molecule is CC(C)CC1(C)NC(=N)N(CCC2CCN(C(=O)c3ccccc3)CC2)C1=O. The first-order valence-corrected chi connectivity index (χ1v) is 10.3. The minimum atomic E-state index is -0.656. The number of likely N-dealkylation sites (tertiary alicyclic amines) is 1. The van der Waals surface area contributed by atoms with Gasteiger partial charge in [0.25, 0.3) is 11.8 Å². The number of benzene rings is 1. The highest BCUT2D eigenvalue weighted by atomic mass is 16.2. The summed E-state index contributed by atoms with van der Waals surface area (Å²) >= 11 is 0. The summed E-state index contributed by atoms with van der Waals surface area (Å²) in [7, 11) is 0. The summed E-state index contributed by atoms with van der Waals surface area (Å²) in [6.07, 6.45) is 3.50. The second-order valence-corrected chi connectivity index (χ2v) is 8.75. The lowest BCUT2D eigenvalue weighted by Gasteiger charge is -2.32. The third-order valence-corrected chi connectivity index (χ3v) is 5.88. The van der Waals surface area contributed by atoms with Gasteiger partial charge in [-0.3, -0.25) is 19.9 Å². The average Bonchev–Trinajstić information content (AvgIpc) is 2.88. The van der Waals surface area contributed by atoms with Crippen molar-refractivity contribution in [2.75, 3.05) is 19.6 Å². The van der Waals surface area contributed by atoms with E-state index in [1.165, 1.54) is 0 Å². The molecule has 0 aromatic heterocycles. The fourth-order valence-electron chi connectivity index (χ4n) is 4.45. The molecule has 2 aliphatic heterocycles. The number of piperidine rings is 1. The molecule has 2 saturated heterocycles. The molecular weight excluding hydrogens is 352 g/mol. The highest BCUT2D eigenvalue weighted by Gasteiger charge is 2.45. The lowest BCUT2D eigenvalue weighted by molar-refractivity contribution is -0.131. The lowest BCUT2D eigenvalue weighted by atomic mass is 9.90. The van der Waals surface area contributed by atoms with E-state index in [0.29, 0.717) is 18.4 Å². The van der Waals surface area contributed by atoms with Gasteiger partial charge in [0.2, 0.25) is 0 Å². The summed E-state index contributed by atoms with van der Waals surface area (Å²) in [6, 6.07) is 9.42. The van der Waals surface area contributed by atoms with Crippen molar-refractivity contribution in [3.8, 4) is 0 Å². The quantitative estimate of drug-likeness (QED) is 0.791. The molecule has 0 spiro atoms. The Labute approximate surface area is 167 Å². The van der Waals surface area contributed by atoms with Gasteiger partial charge in [0.15, 0.2) is 5.96 Å². The Bertz CT molecular complexity index is 725. The zero-order valence-electron chi connectivity index (χ0n) is 17.2. The number of rotatable bonds is 6. The number of carbonyl (C=O) groups is 2.